The van der Waals surface area contributed by atoms with E-state index in [4.69, 9.17) is 4.52 Å². The Morgan fingerprint density at radius 2 is 2.00 bits per heavy atom. The van der Waals surface area contributed by atoms with E-state index < -0.39 is 0 Å². The van der Waals surface area contributed by atoms with Crippen molar-refractivity contribution in [3.8, 4) is 0 Å². The summed E-state index contributed by atoms with van der Waals surface area (Å²) in [4.78, 5) is 14.7. The number of nitrogens with zero attached hydrogens (tertiary/aromatic N) is 2. The van der Waals surface area contributed by atoms with Crippen LogP contribution < -0.4 is 0 Å². The second-order valence-electron chi connectivity index (χ2n) is 8.12. The van der Waals surface area contributed by atoms with E-state index in [1.54, 1.807) is 11.1 Å². The summed E-state index contributed by atoms with van der Waals surface area (Å²) >= 11 is 0. The maximum Gasteiger partial charge on any atom is 0.259 e. The van der Waals surface area contributed by atoms with Crippen LogP contribution in [0.1, 0.15) is 65.2 Å². The molecule has 130 valence electrons. The zero-order chi connectivity index (χ0) is 17.0. The predicted octanol–water partition coefficient (Wildman–Crippen LogP) is 4.05. The molecule has 3 aliphatic rings. The first-order valence-electron chi connectivity index (χ1n) is 9.48. The Morgan fingerprint density at radius 1 is 1.24 bits per heavy atom. The topological polar surface area (TPSA) is 46.3 Å². The van der Waals surface area contributed by atoms with Crippen LogP contribution in [0, 0.1) is 12.8 Å². The molecule has 0 radical (unpaired) electrons. The largest absolute Gasteiger partial charge is 0.364 e. The van der Waals surface area contributed by atoms with Gasteiger partial charge < -0.3 is 9.42 Å². The fourth-order valence-electron chi connectivity index (χ4n) is 5.14. The van der Waals surface area contributed by atoms with Crippen LogP contribution in [-0.2, 0) is 5.41 Å². The molecule has 4 heteroatoms. The maximum absolute atomic E-state index is 12.7. The number of amides is 1. The van der Waals surface area contributed by atoms with E-state index >= 15 is 0 Å². The van der Waals surface area contributed by atoms with Crippen LogP contribution in [0.3, 0.4) is 0 Å². The van der Waals surface area contributed by atoms with Crippen LogP contribution in [-0.4, -0.2) is 29.1 Å². The average Bonchev–Trinajstić information content (AvgIpc) is 3.33. The van der Waals surface area contributed by atoms with Crippen molar-refractivity contribution < 1.29 is 9.32 Å². The minimum atomic E-state index is 0.0682. The summed E-state index contributed by atoms with van der Waals surface area (Å²) in [6.07, 6.45) is 7.70. The molecule has 1 unspecified atom stereocenters. The van der Waals surface area contributed by atoms with Gasteiger partial charge in [0.1, 0.15) is 11.8 Å². The Morgan fingerprint density at radius 3 is 2.68 bits per heavy atom. The molecular weight excluding hydrogens is 312 g/mol. The van der Waals surface area contributed by atoms with Gasteiger partial charge in [-0.3, -0.25) is 4.79 Å². The molecule has 1 spiro atoms. The summed E-state index contributed by atoms with van der Waals surface area (Å²) in [5.74, 6) is 1.72. The Hall–Kier alpha value is -2.10. The maximum atomic E-state index is 12.7. The zero-order valence-corrected chi connectivity index (χ0v) is 14.7. The van der Waals surface area contributed by atoms with Crippen molar-refractivity contribution in [2.75, 3.05) is 13.1 Å². The molecule has 1 amide bonds. The third-order valence-electron chi connectivity index (χ3n) is 6.72. The molecule has 2 aliphatic carbocycles. The second kappa shape index (κ2) is 5.45. The summed E-state index contributed by atoms with van der Waals surface area (Å²) in [6, 6.07) is 9.08. The normalized spacial score (nSPS) is 24.5. The van der Waals surface area contributed by atoms with Gasteiger partial charge in [0.05, 0.1) is 5.69 Å². The number of likely N-dealkylation sites (tertiary alicyclic amines) is 1. The number of piperidine rings is 1. The molecule has 1 aromatic carbocycles. The minimum Gasteiger partial charge on any atom is -0.364 e. The molecule has 1 saturated heterocycles. The molecule has 2 heterocycles. The number of carbonyl (C=O) groups is 1. The van der Waals surface area contributed by atoms with Crippen LogP contribution in [0.4, 0.5) is 0 Å². The fraction of sp³-hybridized carbons (Fsp3) is 0.524. The van der Waals surface area contributed by atoms with Gasteiger partial charge in [-0.1, -0.05) is 29.4 Å². The number of carbonyl (C=O) groups excluding carboxylic acids is 1. The molecule has 1 atom stereocenters. The molecule has 5 rings (SSSR count). The monoisotopic (exact) mass is 336 g/mol. The van der Waals surface area contributed by atoms with Crippen molar-refractivity contribution in [1.82, 2.24) is 10.1 Å². The van der Waals surface area contributed by atoms with E-state index in [9.17, 15) is 4.79 Å². The highest BCUT2D eigenvalue weighted by atomic mass is 16.5. The average molecular weight is 336 g/mol. The quantitative estimate of drug-likeness (QED) is 0.831. The third kappa shape index (κ3) is 2.34. The van der Waals surface area contributed by atoms with Gasteiger partial charge in [-0.2, -0.15) is 0 Å². The highest BCUT2D eigenvalue weighted by Crippen LogP contribution is 2.58. The number of aromatic nitrogens is 1. The predicted molar refractivity (Wildman–Crippen MR) is 94.6 cm³/mol. The van der Waals surface area contributed by atoms with Crippen LogP contribution >= 0.6 is 0 Å². The summed E-state index contributed by atoms with van der Waals surface area (Å²) < 4.78 is 4.95. The molecular formula is C21H24N2O2. The summed E-state index contributed by atoms with van der Waals surface area (Å²) in [5.41, 5.74) is 4.74. The standard InChI is InChI=1S/C21H24N2O2/c1-14-18(13-25-22-14)20(24)23-10-8-21(9-11-23)12-17(15-6-7-15)16-4-2-3-5-19(16)21/h2-5,13,15,17H,6-12H2,1H3. The minimum absolute atomic E-state index is 0.0682. The number of fused-ring (bicyclic) bond motifs is 2. The second-order valence-corrected chi connectivity index (χ2v) is 8.12. The van der Waals surface area contributed by atoms with Crippen molar-refractivity contribution >= 4 is 5.91 Å². The zero-order valence-electron chi connectivity index (χ0n) is 14.7. The van der Waals surface area contributed by atoms with Crippen molar-refractivity contribution in [3.05, 3.63) is 52.9 Å². The summed E-state index contributed by atoms with van der Waals surface area (Å²) in [7, 11) is 0. The van der Waals surface area contributed by atoms with E-state index in [0.29, 0.717) is 11.3 Å². The van der Waals surface area contributed by atoms with E-state index in [1.165, 1.54) is 25.5 Å². The van der Waals surface area contributed by atoms with E-state index in [-0.39, 0.29) is 11.3 Å². The molecule has 0 N–H and O–H groups in total. The lowest BCUT2D eigenvalue weighted by atomic mass is 9.73. The lowest BCUT2D eigenvalue weighted by Crippen LogP contribution is -2.44. The van der Waals surface area contributed by atoms with Crippen LogP contribution in [0.15, 0.2) is 35.1 Å². The number of benzene rings is 1. The van der Waals surface area contributed by atoms with Crippen molar-refractivity contribution in [1.29, 1.82) is 0 Å². The van der Waals surface area contributed by atoms with Gasteiger partial charge >= 0.3 is 0 Å². The van der Waals surface area contributed by atoms with Crippen LogP contribution in [0.2, 0.25) is 0 Å². The first-order valence-corrected chi connectivity index (χ1v) is 9.48. The first-order chi connectivity index (χ1) is 12.2. The van der Waals surface area contributed by atoms with Crippen molar-refractivity contribution in [2.45, 2.75) is 50.4 Å². The van der Waals surface area contributed by atoms with E-state index in [1.807, 2.05) is 11.8 Å². The lowest BCUT2D eigenvalue weighted by molar-refractivity contribution is 0.0660. The van der Waals surface area contributed by atoms with Crippen LogP contribution in [0.25, 0.3) is 0 Å². The number of hydrogen-bond acceptors (Lipinski definition) is 3. The van der Waals surface area contributed by atoms with Crippen molar-refractivity contribution in [3.63, 3.8) is 0 Å². The molecule has 1 aromatic heterocycles. The van der Waals surface area contributed by atoms with E-state index in [2.05, 4.69) is 29.4 Å². The molecule has 2 aromatic rings. The number of rotatable bonds is 2. The molecule has 25 heavy (non-hydrogen) atoms. The molecule has 4 nitrogen and oxygen atoms in total. The van der Waals surface area contributed by atoms with Gasteiger partial charge in [-0.05, 0) is 67.4 Å². The van der Waals surface area contributed by atoms with Gasteiger partial charge in [0.2, 0.25) is 0 Å². The first kappa shape index (κ1) is 15.2. The van der Waals surface area contributed by atoms with Crippen molar-refractivity contribution in [2.24, 2.45) is 5.92 Å². The highest BCUT2D eigenvalue weighted by molar-refractivity contribution is 5.94. The van der Waals surface area contributed by atoms with Gasteiger partial charge in [-0.15, -0.1) is 0 Å². The van der Waals surface area contributed by atoms with Gasteiger partial charge in [-0.25, -0.2) is 0 Å². The Bertz CT molecular complexity index is 813. The Kier molecular flexibility index (Phi) is 3.31. The molecule has 1 saturated carbocycles. The highest BCUT2D eigenvalue weighted by Gasteiger charge is 2.49. The van der Waals surface area contributed by atoms with E-state index in [0.717, 1.165) is 37.8 Å². The molecule has 1 aliphatic heterocycles. The summed E-state index contributed by atoms with van der Waals surface area (Å²) in [6.45, 7) is 3.49. The van der Waals surface area contributed by atoms with Gasteiger partial charge in [0.15, 0.2) is 0 Å². The lowest BCUT2D eigenvalue weighted by Gasteiger charge is -2.40. The van der Waals surface area contributed by atoms with Crippen LogP contribution in [0.5, 0.6) is 0 Å². The fourth-order valence-corrected chi connectivity index (χ4v) is 5.14. The molecule has 0 bridgehead atoms. The van der Waals surface area contributed by atoms with Gasteiger partial charge in [0.25, 0.3) is 5.91 Å². The number of hydrogen-bond donors (Lipinski definition) is 0. The Labute approximate surface area is 148 Å². The number of aryl methyl sites for hydroxylation is 1. The molecule has 2 fully saturated rings. The van der Waals surface area contributed by atoms with Gasteiger partial charge in [0, 0.05) is 13.1 Å². The third-order valence-corrected chi connectivity index (χ3v) is 6.72. The SMILES string of the molecule is Cc1nocc1C(=O)N1CCC2(CC1)CC(C1CC1)c1ccccc12. The Balaban J connectivity index is 1.38. The smallest absolute Gasteiger partial charge is 0.259 e. The summed E-state index contributed by atoms with van der Waals surface area (Å²) in [5, 5.41) is 3.85.